The van der Waals surface area contributed by atoms with Gasteiger partial charge in [-0.1, -0.05) is 90.2 Å². The minimum Gasteiger partial charge on any atom is -0.463 e. The highest BCUT2D eigenvalue weighted by atomic mass is 16.8. The highest BCUT2D eigenvalue weighted by Gasteiger charge is 2.39. The fourth-order valence-corrected chi connectivity index (χ4v) is 10.2. The Morgan fingerprint density at radius 3 is 1.04 bits per heavy atom. The summed E-state index contributed by atoms with van der Waals surface area (Å²) in [7, 11) is 0. The van der Waals surface area contributed by atoms with Gasteiger partial charge < -0.3 is 28.4 Å². The van der Waals surface area contributed by atoms with Gasteiger partial charge in [0.05, 0.1) is 38.3 Å². The lowest BCUT2D eigenvalue weighted by molar-refractivity contribution is -0.305. The number of hydrogen-bond donors (Lipinski definition) is 0. The first-order chi connectivity index (χ1) is 27.3. The first-order valence-corrected chi connectivity index (χ1v) is 22.5. The molecule has 0 amide bonds. The molecule has 2 atom stereocenters. The largest absolute Gasteiger partial charge is 0.463 e. The van der Waals surface area contributed by atoms with Gasteiger partial charge in [0.25, 0.3) is 12.6 Å². The van der Waals surface area contributed by atoms with Crippen LogP contribution in [0, 0.1) is 47.3 Å². The van der Waals surface area contributed by atoms with Crippen molar-refractivity contribution >= 4 is 23.9 Å². The Balaban J connectivity index is 0.905. The highest BCUT2D eigenvalue weighted by molar-refractivity contribution is 5.81. The zero-order chi connectivity index (χ0) is 39.5. The van der Waals surface area contributed by atoms with Crippen LogP contribution >= 0.6 is 0 Å². The van der Waals surface area contributed by atoms with E-state index in [1.807, 2.05) is 0 Å². The second kappa shape index (κ2) is 24.3. The first kappa shape index (κ1) is 44.4. The monoisotopic (exact) mass is 785 g/mol. The fraction of sp³-hybridized carbons (Fsp3) is 0.826. The second-order valence-electron chi connectivity index (χ2n) is 17.7. The van der Waals surface area contributed by atoms with Crippen molar-refractivity contribution in [2.75, 3.05) is 26.4 Å². The van der Waals surface area contributed by atoms with E-state index in [1.165, 1.54) is 89.2 Å². The number of hydrogen-bond acceptors (Lipinski definition) is 10. The molecular weight excluding hydrogens is 712 g/mol. The van der Waals surface area contributed by atoms with Crippen LogP contribution in [0.15, 0.2) is 25.3 Å². The number of rotatable bonds is 20. The molecule has 10 heteroatoms. The molecule has 0 radical (unpaired) electrons. The molecule has 1 heterocycles. The van der Waals surface area contributed by atoms with Crippen LogP contribution in [0.3, 0.4) is 0 Å². The van der Waals surface area contributed by atoms with Crippen LogP contribution in [-0.2, 0) is 47.6 Å². The van der Waals surface area contributed by atoms with Gasteiger partial charge >= 0.3 is 23.9 Å². The standard InChI is InChI=1S/C46H72O10/c1-3-41(47)51-29-5-7-33-9-13-35(14-10-33)17-19-37-21-25-39(26-22-37)43(49)55-45-46(54-32-31-53-45)56-44(50)40-27-23-38(24-28-40)20-18-36-15-11-34(12-16-36)8-6-30-52-42(48)4-2/h3-4,33-40,45-46H,1-2,5-32H2/t33?,34?,35?,36?,37?,38?,39?,40?,45-,46-/m0/s1. The molecule has 0 aromatic heterocycles. The van der Waals surface area contributed by atoms with E-state index in [1.54, 1.807) is 0 Å². The quantitative estimate of drug-likeness (QED) is 0.0510. The Hall–Kier alpha value is -2.72. The lowest BCUT2D eigenvalue weighted by Crippen LogP contribution is -2.46. The molecule has 0 spiro atoms. The van der Waals surface area contributed by atoms with Crippen LogP contribution in [0.5, 0.6) is 0 Å². The number of carbonyl (C=O) groups is 4. The van der Waals surface area contributed by atoms with Crippen molar-refractivity contribution in [1.82, 2.24) is 0 Å². The second-order valence-corrected chi connectivity index (χ2v) is 17.7. The summed E-state index contributed by atoms with van der Waals surface area (Å²) < 4.78 is 33.4. The van der Waals surface area contributed by atoms with Crippen molar-refractivity contribution in [3.8, 4) is 0 Å². The van der Waals surface area contributed by atoms with Crippen molar-refractivity contribution in [3.05, 3.63) is 25.3 Å². The number of esters is 4. The molecule has 5 fully saturated rings. The summed E-state index contributed by atoms with van der Waals surface area (Å²) in [6.07, 6.45) is 27.3. The molecule has 4 aliphatic carbocycles. The molecule has 5 aliphatic rings. The van der Waals surface area contributed by atoms with Gasteiger partial charge in [-0.2, -0.15) is 0 Å². The zero-order valence-electron chi connectivity index (χ0n) is 34.2. The Labute approximate surface area is 336 Å². The molecule has 316 valence electrons. The third kappa shape index (κ3) is 15.2. The molecule has 0 aromatic carbocycles. The van der Waals surface area contributed by atoms with E-state index in [-0.39, 0.29) is 35.7 Å². The number of carbonyl (C=O) groups excluding carboxylic acids is 4. The van der Waals surface area contributed by atoms with Crippen LogP contribution in [0.25, 0.3) is 0 Å². The van der Waals surface area contributed by atoms with E-state index >= 15 is 0 Å². The van der Waals surface area contributed by atoms with Gasteiger partial charge in [0, 0.05) is 12.2 Å². The van der Waals surface area contributed by atoms with Gasteiger partial charge in [0.2, 0.25) is 0 Å². The van der Waals surface area contributed by atoms with Crippen LogP contribution in [0.4, 0.5) is 0 Å². The summed E-state index contributed by atoms with van der Waals surface area (Å²) in [4.78, 5) is 48.9. The Kier molecular flexibility index (Phi) is 19.2. The van der Waals surface area contributed by atoms with Crippen LogP contribution < -0.4 is 0 Å². The summed E-state index contributed by atoms with van der Waals surface area (Å²) in [5, 5.41) is 0. The smallest absolute Gasteiger partial charge is 0.330 e. The summed E-state index contributed by atoms with van der Waals surface area (Å²) in [6.45, 7) is 8.46. The van der Waals surface area contributed by atoms with E-state index in [9.17, 15) is 19.2 Å². The number of ether oxygens (including phenoxy) is 6. The maximum absolute atomic E-state index is 13.3. The molecule has 0 bridgehead atoms. The predicted octanol–water partition coefficient (Wildman–Crippen LogP) is 9.58. The molecule has 0 N–H and O–H groups in total. The molecule has 5 rings (SSSR count). The fourth-order valence-electron chi connectivity index (χ4n) is 10.2. The van der Waals surface area contributed by atoms with Crippen LogP contribution in [0.1, 0.15) is 154 Å². The van der Waals surface area contributed by atoms with E-state index in [0.717, 1.165) is 101 Å². The summed E-state index contributed by atoms with van der Waals surface area (Å²) >= 11 is 0. The maximum atomic E-state index is 13.3. The molecule has 10 nitrogen and oxygen atoms in total. The van der Waals surface area contributed by atoms with E-state index in [4.69, 9.17) is 28.4 Å². The van der Waals surface area contributed by atoms with E-state index in [2.05, 4.69) is 13.2 Å². The van der Waals surface area contributed by atoms with Crippen molar-refractivity contribution in [3.63, 3.8) is 0 Å². The normalized spacial score (nSPS) is 32.4. The Morgan fingerprint density at radius 2 is 0.732 bits per heavy atom. The van der Waals surface area contributed by atoms with Crippen LogP contribution in [-0.4, -0.2) is 62.9 Å². The van der Waals surface area contributed by atoms with Gasteiger partial charge in [0.1, 0.15) is 0 Å². The van der Waals surface area contributed by atoms with Crippen LogP contribution in [0.2, 0.25) is 0 Å². The molecular formula is C46H72O10. The molecule has 0 aromatic rings. The molecule has 56 heavy (non-hydrogen) atoms. The average molecular weight is 785 g/mol. The zero-order valence-corrected chi connectivity index (χ0v) is 34.2. The van der Waals surface area contributed by atoms with E-state index in [0.29, 0.717) is 38.3 Å². The lowest BCUT2D eigenvalue weighted by atomic mass is 9.75. The van der Waals surface area contributed by atoms with Gasteiger partial charge in [-0.05, 0) is 113 Å². The first-order valence-electron chi connectivity index (χ1n) is 22.5. The minimum absolute atomic E-state index is 0.153. The van der Waals surface area contributed by atoms with Gasteiger partial charge in [-0.15, -0.1) is 0 Å². The Morgan fingerprint density at radius 1 is 0.446 bits per heavy atom. The van der Waals surface area contributed by atoms with Crippen molar-refractivity contribution in [2.45, 2.75) is 167 Å². The maximum Gasteiger partial charge on any atom is 0.330 e. The van der Waals surface area contributed by atoms with Gasteiger partial charge in [0.15, 0.2) is 0 Å². The summed E-state index contributed by atoms with van der Waals surface area (Å²) in [5.74, 6) is 2.91. The van der Waals surface area contributed by atoms with Crippen molar-refractivity contribution in [2.24, 2.45) is 47.3 Å². The third-order valence-corrected chi connectivity index (χ3v) is 13.9. The van der Waals surface area contributed by atoms with Gasteiger partial charge in [-0.25, -0.2) is 9.59 Å². The summed E-state index contributed by atoms with van der Waals surface area (Å²) in [6, 6.07) is 0. The molecule has 1 aliphatic heterocycles. The van der Waals surface area contributed by atoms with Crippen molar-refractivity contribution < 1.29 is 47.6 Å². The average Bonchev–Trinajstić information content (AvgIpc) is 3.24. The van der Waals surface area contributed by atoms with E-state index < -0.39 is 12.6 Å². The molecule has 1 saturated heterocycles. The predicted molar refractivity (Wildman–Crippen MR) is 213 cm³/mol. The Bertz CT molecular complexity index is 1120. The minimum atomic E-state index is -1.02. The SMILES string of the molecule is C=CC(=O)OCCCC1CCC(CCC2CCC(C(=O)O[C@@H]3OCCO[C@H]3OC(=O)C3CCC(CCC4CCC(CCCOC(=O)C=C)CC4)CC3)CC2)CC1. The molecule has 0 unspecified atom stereocenters. The van der Waals surface area contributed by atoms with Gasteiger partial charge in [-0.3, -0.25) is 9.59 Å². The summed E-state index contributed by atoms with van der Waals surface area (Å²) in [5.41, 5.74) is 0. The lowest BCUT2D eigenvalue weighted by Gasteiger charge is -2.35. The molecule has 4 saturated carbocycles. The van der Waals surface area contributed by atoms with Crippen molar-refractivity contribution in [1.29, 1.82) is 0 Å². The topological polar surface area (TPSA) is 124 Å². The highest BCUT2D eigenvalue weighted by Crippen LogP contribution is 2.40. The third-order valence-electron chi connectivity index (χ3n) is 13.9.